The Morgan fingerprint density at radius 1 is 1.00 bits per heavy atom. The van der Waals surface area contributed by atoms with Gasteiger partial charge in [-0.05, 0) is 54.8 Å². The first kappa shape index (κ1) is 16.1. The van der Waals surface area contributed by atoms with E-state index < -0.39 is 6.61 Å². The van der Waals surface area contributed by atoms with Crippen LogP contribution in [0.3, 0.4) is 0 Å². The van der Waals surface area contributed by atoms with Crippen LogP contribution in [-0.2, 0) is 6.54 Å². The number of hydrogen-bond acceptors (Lipinski definition) is 3. The summed E-state index contributed by atoms with van der Waals surface area (Å²) >= 11 is 0. The molecule has 0 saturated heterocycles. The number of ether oxygens (including phenoxy) is 2. The van der Waals surface area contributed by atoms with Crippen LogP contribution >= 0.6 is 0 Å². The van der Waals surface area contributed by atoms with Gasteiger partial charge in [-0.25, -0.2) is 0 Å². The van der Waals surface area contributed by atoms with Gasteiger partial charge in [-0.3, -0.25) is 0 Å². The predicted molar refractivity (Wildman–Crippen MR) is 82.9 cm³/mol. The summed E-state index contributed by atoms with van der Waals surface area (Å²) in [4.78, 5) is 0. The summed E-state index contributed by atoms with van der Waals surface area (Å²) in [5.41, 5.74) is 4.23. The molecule has 0 fully saturated rings. The van der Waals surface area contributed by atoms with Gasteiger partial charge in [0, 0.05) is 12.2 Å². The monoisotopic (exact) mass is 307 g/mol. The fourth-order valence-corrected chi connectivity index (χ4v) is 2.07. The Labute approximate surface area is 128 Å². The van der Waals surface area contributed by atoms with Gasteiger partial charge in [-0.1, -0.05) is 12.1 Å². The predicted octanol–water partition coefficient (Wildman–Crippen LogP) is 4.53. The molecular formula is C17H19F2NO2. The summed E-state index contributed by atoms with van der Waals surface area (Å²) in [6.45, 7) is 1.72. The van der Waals surface area contributed by atoms with Gasteiger partial charge in [-0.15, -0.1) is 0 Å². The van der Waals surface area contributed by atoms with Crippen molar-refractivity contribution in [3.8, 4) is 11.5 Å². The molecular weight excluding hydrogens is 288 g/mol. The van der Waals surface area contributed by atoms with Crippen LogP contribution in [0.2, 0.25) is 0 Å². The molecule has 0 aromatic heterocycles. The Morgan fingerprint density at radius 2 is 1.77 bits per heavy atom. The Balaban J connectivity index is 2.10. The largest absolute Gasteiger partial charge is 0.493 e. The minimum Gasteiger partial charge on any atom is -0.493 e. The summed E-state index contributed by atoms with van der Waals surface area (Å²) in [5, 5.41) is 3.26. The minimum absolute atomic E-state index is 0.0388. The number of halogens is 2. The zero-order valence-electron chi connectivity index (χ0n) is 12.8. The molecule has 3 nitrogen and oxygen atoms in total. The Morgan fingerprint density at radius 3 is 2.41 bits per heavy atom. The van der Waals surface area contributed by atoms with Gasteiger partial charge in [0.15, 0.2) is 11.5 Å². The Kier molecular flexibility index (Phi) is 5.20. The lowest BCUT2D eigenvalue weighted by atomic mass is 10.1. The number of benzene rings is 2. The quantitative estimate of drug-likeness (QED) is 0.851. The second-order valence-electron chi connectivity index (χ2n) is 5.02. The highest BCUT2D eigenvalue weighted by Crippen LogP contribution is 2.29. The fourth-order valence-electron chi connectivity index (χ4n) is 2.07. The molecule has 0 aliphatic heterocycles. The Bertz CT molecular complexity index is 645. The average Bonchev–Trinajstić information content (AvgIpc) is 2.48. The second kappa shape index (κ2) is 7.11. The van der Waals surface area contributed by atoms with Crippen molar-refractivity contribution in [3.63, 3.8) is 0 Å². The molecule has 0 atom stereocenters. The molecule has 0 bridgehead atoms. The van der Waals surface area contributed by atoms with Crippen molar-refractivity contribution in [2.75, 3.05) is 12.4 Å². The van der Waals surface area contributed by atoms with Gasteiger partial charge >= 0.3 is 6.61 Å². The first-order valence-electron chi connectivity index (χ1n) is 6.92. The van der Waals surface area contributed by atoms with E-state index in [1.54, 1.807) is 12.1 Å². The van der Waals surface area contributed by atoms with Crippen LogP contribution < -0.4 is 14.8 Å². The molecule has 0 spiro atoms. The molecule has 0 saturated carbocycles. The number of nitrogens with one attached hydrogen (secondary N) is 1. The lowest BCUT2D eigenvalue weighted by molar-refractivity contribution is -0.0512. The lowest BCUT2D eigenvalue weighted by Gasteiger charge is -2.13. The third-order valence-corrected chi connectivity index (χ3v) is 3.45. The second-order valence-corrected chi connectivity index (χ2v) is 5.02. The molecule has 2 aromatic rings. The lowest BCUT2D eigenvalue weighted by Crippen LogP contribution is -2.05. The summed E-state index contributed by atoms with van der Waals surface area (Å²) in [7, 11) is 1.42. The molecule has 2 rings (SSSR count). The van der Waals surface area contributed by atoms with Crippen LogP contribution in [0.25, 0.3) is 0 Å². The third kappa shape index (κ3) is 4.10. The average molecular weight is 307 g/mol. The van der Waals surface area contributed by atoms with E-state index >= 15 is 0 Å². The van der Waals surface area contributed by atoms with Crippen LogP contribution in [0.4, 0.5) is 14.5 Å². The first-order valence-corrected chi connectivity index (χ1v) is 6.92. The highest BCUT2D eigenvalue weighted by Gasteiger charge is 2.11. The summed E-state index contributed by atoms with van der Waals surface area (Å²) in [6, 6.07) is 11.1. The standard InChI is InChI=1S/C17H19F2NO2/c1-11-4-6-14(8-12(11)2)20-10-13-5-7-15(21-3)16(9-13)22-17(18)19/h4-9,17,20H,10H2,1-3H3. The molecule has 118 valence electrons. The van der Waals surface area contributed by atoms with Crippen molar-refractivity contribution < 1.29 is 18.3 Å². The van der Waals surface area contributed by atoms with Crippen molar-refractivity contribution in [2.24, 2.45) is 0 Å². The van der Waals surface area contributed by atoms with Crippen LogP contribution in [0.1, 0.15) is 16.7 Å². The fraction of sp³-hybridized carbons (Fsp3) is 0.294. The number of hydrogen-bond donors (Lipinski definition) is 1. The molecule has 22 heavy (non-hydrogen) atoms. The maximum atomic E-state index is 12.4. The highest BCUT2D eigenvalue weighted by molar-refractivity contribution is 5.49. The molecule has 1 N–H and O–H groups in total. The SMILES string of the molecule is COc1ccc(CNc2ccc(C)c(C)c2)cc1OC(F)F. The molecule has 2 aromatic carbocycles. The number of alkyl halides is 2. The van der Waals surface area contributed by atoms with Crippen LogP contribution in [0.15, 0.2) is 36.4 Å². The van der Waals surface area contributed by atoms with E-state index in [4.69, 9.17) is 4.74 Å². The van der Waals surface area contributed by atoms with Crippen LogP contribution in [-0.4, -0.2) is 13.7 Å². The van der Waals surface area contributed by atoms with E-state index in [2.05, 4.69) is 23.0 Å². The molecule has 0 aliphatic carbocycles. The van der Waals surface area contributed by atoms with E-state index in [-0.39, 0.29) is 11.5 Å². The van der Waals surface area contributed by atoms with Gasteiger partial charge in [0.2, 0.25) is 0 Å². The van der Waals surface area contributed by atoms with Gasteiger partial charge < -0.3 is 14.8 Å². The summed E-state index contributed by atoms with van der Waals surface area (Å²) in [6.07, 6.45) is 0. The van der Waals surface area contributed by atoms with Gasteiger partial charge in [0.1, 0.15) is 0 Å². The molecule has 0 amide bonds. The maximum absolute atomic E-state index is 12.4. The van der Waals surface area contributed by atoms with Crippen molar-refractivity contribution in [3.05, 3.63) is 53.1 Å². The van der Waals surface area contributed by atoms with Crippen molar-refractivity contribution in [1.82, 2.24) is 0 Å². The number of anilines is 1. The third-order valence-electron chi connectivity index (χ3n) is 3.45. The summed E-state index contributed by atoms with van der Waals surface area (Å²) < 4.78 is 34.3. The number of methoxy groups -OCH3 is 1. The van der Waals surface area contributed by atoms with Crippen molar-refractivity contribution in [2.45, 2.75) is 27.0 Å². The maximum Gasteiger partial charge on any atom is 0.387 e. The van der Waals surface area contributed by atoms with Crippen molar-refractivity contribution in [1.29, 1.82) is 0 Å². The normalized spacial score (nSPS) is 10.6. The molecule has 0 aliphatic rings. The first-order chi connectivity index (χ1) is 10.5. The molecule has 0 heterocycles. The van der Waals surface area contributed by atoms with Crippen molar-refractivity contribution >= 4 is 5.69 Å². The van der Waals surface area contributed by atoms with Crippen LogP contribution in [0, 0.1) is 13.8 Å². The smallest absolute Gasteiger partial charge is 0.387 e. The minimum atomic E-state index is -2.88. The van der Waals surface area contributed by atoms with Gasteiger partial charge in [-0.2, -0.15) is 8.78 Å². The number of rotatable bonds is 6. The summed E-state index contributed by atoms with van der Waals surface area (Å²) in [5.74, 6) is 0.326. The van der Waals surface area contributed by atoms with Crippen LogP contribution in [0.5, 0.6) is 11.5 Å². The van der Waals surface area contributed by atoms with Gasteiger partial charge in [0.05, 0.1) is 7.11 Å². The highest BCUT2D eigenvalue weighted by atomic mass is 19.3. The van der Waals surface area contributed by atoms with E-state index in [9.17, 15) is 8.78 Å². The topological polar surface area (TPSA) is 30.5 Å². The Hall–Kier alpha value is -2.30. The molecule has 0 radical (unpaired) electrons. The zero-order valence-corrected chi connectivity index (χ0v) is 12.8. The van der Waals surface area contributed by atoms with E-state index in [0.29, 0.717) is 6.54 Å². The molecule has 5 heteroatoms. The zero-order chi connectivity index (χ0) is 16.1. The molecule has 0 unspecified atom stereocenters. The number of aryl methyl sites for hydroxylation is 2. The van der Waals surface area contributed by atoms with E-state index in [1.807, 2.05) is 25.1 Å². The van der Waals surface area contributed by atoms with Gasteiger partial charge in [0.25, 0.3) is 0 Å². The van der Waals surface area contributed by atoms with E-state index in [0.717, 1.165) is 11.3 Å². The van der Waals surface area contributed by atoms with E-state index in [1.165, 1.54) is 18.2 Å².